The van der Waals surface area contributed by atoms with Gasteiger partial charge in [-0.2, -0.15) is 11.8 Å². The number of nitrogens with one attached hydrogen (secondary N) is 6. The number of carbonyl (C=O) groups is 6. The molecular weight excluding hydrogens is 660 g/mol. The molecule has 0 aliphatic carbocycles. The first-order chi connectivity index (χ1) is 24.1. The summed E-state index contributed by atoms with van der Waals surface area (Å²) in [7, 11) is 0. The number of urea groups is 1. The molecule has 13 nitrogen and oxygen atoms in total. The Morgan fingerprint density at radius 1 is 0.860 bits per heavy atom. The standard InChI is InChI=1S/C36H48N6O7S/c1-23(2)19-27(41-36(48)49-21-25-13-7-4-8-14-25)33(45)39-26(20-24-11-5-3-6-12-24)32(44)34(46)38-18-17-37-30(43)16-10-9-15-29-31-28(22-50-29)40-35(47)42-31/h3-8,11-14,23,26-29,31H,9-10,15-22H2,1-2H3,(H,37,43)(H,38,46)(H,39,45)(H,41,48)(H2,40,42,47)/t26-,27-,28-,29-,31-/m0/s1. The molecule has 0 bridgehead atoms. The van der Waals surface area contributed by atoms with Crippen molar-refractivity contribution < 1.29 is 33.5 Å². The van der Waals surface area contributed by atoms with Gasteiger partial charge in [0.25, 0.3) is 5.91 Å². The van der Waals surface area contributed by atoms with Crippen molar-refractivity contribution in [3.8, 4) is 0 Å². The number of carbonyl (C=O) groups excluding carboxylic acids is 6. The van der Waals surface area contributed by atoms with Crippen LogP contribution in [0.25, 0.3) is 0 Å². The molecule has 50 heavy (non-hydrogen) atoms. The van der Waals surface area contributed by atoms with E-state index >= 15 is 0 Å². The summed E-state index contributed by atoms with van der Waals surface area (Å²) in [4.78, 5) is 76.3. The number of Topliss-reactive ketones (excluding diaryl/α,β-unsaturated/α-hetero) is 1. The van der Waals surface area contributed by atoms with Crippen molar-refractivity contribution in [3.63, 3.8) is 0 Å². The van der Waals surface area contributed by atoms with Gasteiger partial charge in [-0.3, -0.25) is 19.2 Å². The van der Waals surface area contributed by atoms with Gasteiger partial charge in [0.15, 0.2) is 0 Å². The largest absolute Gasteiger partial charge is 0.445 e. The molecule has 2 fully saturated rings. The minimum Gasteiger partial charge on any atom is -0.445 e. The van der Waals surface area contributed by atoms with Crippen molar-refractivity contribution >= 4 is 47.4 Å². The third kappa shape index (κ3) is 12.4. The first-order valence-electron chi connectivity index (χ1n) is 17.2. The second-order valence-electron chi connectivity index (χ2n) is 13.0. The fourth-order valence-corrected chi connectivity index (χ4v) is 7.47. The molecule has 2 heterocycles. The molecule has 0 unspecified atom stereocenters. The predicted molar refractivity (Wildman–Crippen MR) is 190 cm³/mol. The Hall–Kier alpha value is -4.59. The highest BCUT2D eigenvalue weighted by Gasteiger charge is 2.42. The van der Waals surface area contributed by atoms with Crippen LogP contribution in [0, 0.1) is 5.92 Å². The van der Waals surface area contributed by atoms with Gasteiger partial charge in [-0.05, 0) is 36.3 Å². The van der Waals surface area contributed by atoms with Crippen molar-refractivity contribution in [2.75, 3.05) is 18.8 Å². The summed E-state index contributed by atoms with van der Waals surface area (Å²) in [5, 5.41) is 16.8. The fourth-order valence-electron chi connectivity index (χ4n) is 5.93. The van der Waals surface area contributed by atoms with Crippen LogP contribution in [0.2, 0.25) is 0 Å². The second kappa shape index (κ2) is 19.6. The van der Waals surface area contributed by atoms with E-state index < -0.39 is 35.8 Å². The van der Waals surface area contributed by atoms with E-state index in [2.05, 4.69) is 31.9 Å². The summed E-state index contributed by atoms with van der Waals surface area (Å²) in [5.41, 5.74) is 1.52. The summed E-state index contributed by atoms with van der Waals surface area (Å²) in [5.74, 6) is -1.58. The van der Waals surface area contributed by atoms with Crippen LogP contribution < -0.4 is 31.9 Å². The lowest BCUT2D eigenvalue weighted by Crippen LogP contribution is -2.55. The summed E-state index contributed by atoms with van der Waals surface area (Å²) in [6, 6.07) is 16.1. The van der Waals surface area contributed by atoms with E-state index in [0.717, 1.165) is 29.7 Å². The van der Waals surface area contributed by atoms with Gasteiger partial charge in [0, 0.05) is 36.9 Å². The number of unbranched alkanes of at least 4 members (excludes halogenated alkanes) is 1. The normalized spacial score (nSPS) is 18.9. The van der Waals surface area contributed by atoms with Crippen molar-refractivity contribution in [3.05, 3.63) is 71.8 Å². The van der Waals surface area contributed by atoms with E-state index in [9.17, 15) is 28.8 Å². The third-order valence-corrected chi connectivity index (χ3v) is 9.99. The van der Waals surface area contributed by atoms with E-state index in [1.54, 1.807) is 24.3 Å². The van der Waals surface area contributed by atoms with Crippen LogP contribution >= 0.6 is 11.8 Å². The summed E-state index contributed by atoms with van der Waals surface area (Å²) < 4.78 is 5.31. The number of benzene rings is 2. The highest BCUT2D eigenvalue weighted by atomic mass is 32.2. The van der Waals surface area contributed by atoms with Gasteiger partial charge in [0.2, 0.25) is 17.6 Å². The van der Waals surface area contributed by atoms with E-state index in [-0.39, 0.29) is 62.5 Å². The Morgan fingerprint density at radius 2 is 1.54 bits per heavy atom. The Kier molecular flexibility index (Phi) is 15.0. The number of thioether (sulfide) groups is 1. The number of ketones is 1. The highest BCUT2D eigenvalue weighted by molar-refractivity contribution is 8.00. The Labute approximate surface area is 297 Å². The molecule has 4 rings (SSSR count). The zero-order valence-corrected chi connectivity index (χ0v) is 29.4. The predicted octanol–water partition coefficient (Wildman–Crippen LogP) is 2.58. The van der Waals surface area contributed by atoms with Crippen molar-refractivity contribution in [1.82, 2.24) is 31.9 Å². The first-order valence-corrected chi connectivity index (χ1v) is 18.2. The van der Waals surface area contributed by atoms with Gasteiger partial charge >= 0.3 is 12.1 Å². The van der Waals surface area contributed by atoms with Crippen molar-refractivity contribution in [2.24, 2.45) is 5.92 Å². The van der Waals surface area contributed by atoms with Crippen LogP contribution in [0.1, 0.15) is 57.1 Å². The van der Waals surface area contributed by atoms with Gasteiger partial charge in [0.05, 0.1) is 12.1 Å². The highest BCUT2D eigenvalue weighted by Crippen LogP contribution is 2.33. The molecule has 2 saturated heterocycles. The Bertz CT molecular complexity index is 1460. The van der Waals surface area contributed by atoms with Crippen LogP contribution in [0.4, 0.5) is 9.59 Å². The number of ether oxygens (including phenoxy) is 1. The van der Waals surface area contributed by atoms with Crippen LogP contribution in [-0.4, -0.2) is 83.9 Å². The van der Waals surface area contributed by atoms with Crippen molar-refractivity contribution in [1.29, 1.82) is 0 Å². The zero-order valence-electron chi connectivity index (χ0n) is 28.6. The maximum absolute atomic E-state index is 13.5. The maximum Gasteiger partial charge on any atom is 0.408 e. The van der Waals surface area contributed by atoms with Crippen LogP contribution in [0.15, 0.2) is 60.7 Å². The average molecular weight is 709 g/mol. The number of hydrogen-bond acceptors (Lipinski definition) is 8. The van der Waals surface area contributed by atoms with Gasteiger partial charge in [-0.15, -0.1) is 0 Å². The molecular formula is C36H48N6O7S. The van der Waals surface area contributed by atoms with Crippen molar-refractivity contribution in [2.45, 2.75) is 88.4 Å². The summed E-state index contributed by atoms with van der Waals surface area (Å²) in [6.45, 7) is 3.99. The molecule has 2 aromatic rings. The molecule has 14 heteroatoms. The number of amides is 6. The number of rotatable bonds is 19. The molecule has 0 saturated carbocycles. The molecule has 5 atom stereocenters. The summed E-state index contributed by atoms with van der Waals surface area (Å²) >= 11 is 1.84. The summed E-state index contributed by atoms with van der Waals surface area (Å²) in [6.07, 6.45) is 2.36. The topological polar surface area (TPSA) is 184 Å². The molecule has 6 amide bonds. The molecule has 2 aliphatic rings. The van der Waals surface area contributed by atoms with Crippen LogP contribution in [0.5, 0.6) is 0 Å². The fraction of sp³-hybridized carbons (Fsp3) is 0.500. The molecule has 0 aromatic heterocycles. The number of alkyl carbamates (subject to hydrolysis) is 1. The number of hydrogen-bond donors (Lipinski definition) is 6. The van der Waals surface area contributed by atoms with E-state index in [4.69, 9.17) is 4.74 Å². The third-order valence-electron chi connectivity index (χ3n) is 8.48. The lowest BCUT2D eigenvalue weighted by atomic mass is 9.99. The maximum atomic E-state index is 13.5. The number of fused-ring (bicyclic) bond motifs is 1. The lowest BCUT2D eigenvalue weighted by molar-refractivity contribution is -0.140. The zero-order chi connectivity index (χ0) is 35.9. The molecule has 0 spiro atoms. The quantitative estimate of drug-likeness (QED) is 0.0731. The average Bonchev–Trinajstić information content (AvgIpc) is 3.66. The van der Waals surface area contributed by atoms with Gasteiger partial charge < -0.3 is 36.6 Å². The smallest absolute Gasteiger partial charge is 0.408 e. The molecule has 2 aromatic carbocycles. The van der Waals surface area contributed by atoms with Gasteiger partial charge in [-0.1, -0.05) is 80.9 Å². The Balaban J connectivity index is 1.22. The van der Waals surface area contributed by atoms with E-state index in [1.165, 1.54) is 0 Å². The Morgan fingerprint density at radius 3 is 2.24 bits per heavy atom. The molecule has 0 radical (unpaired) electrons. The SMILES string of the molecule is CC(C)C[C@H](NC(=O)OCc1ccccc1)C(=O)N[C@@H](Cc1ccccc1)C(=O)C(=O)NCCNC(=O)CCCC[C@@H]1SC[C@@H]2NC(=O)N[C@@H]21. The van der Waals surface area contributed by atoms with Gasteiger partial charge in [0.1, 0.15) is 18.7 Å². The van der Waals surface area contributed by atoms with Crippen LogP contribution in [0.3, 0.4) is 0 Å². The first kappa shape index (κ1) is 38.2. The van der Waals surface area contributed by atoms with Gasteiger partial charge in [-0.25, -0.2) is 9.59 Å². The second-order valence-corrected chi connectivity index (χ2v) is 14.2. The minimum absolute atomic E-state index is 0.0229. The minimum atomic E-state index is -1.20. The van der Waals surface area contributed by atoms with Crippen LogP contribution in [-0.2, 0) is 36.9 Å². The van der Waals surface area contributed by atoms with E-state index in [1.807, 2.05) is 62.0 Å². The molecule has 6 N–H and O–H groups in total. The molecule has 2 aliphatic heterocycles. The lowest BCUT2D eigenvalue weighted by Gasteiger charge is -2.24. The monoisotopic (exact) mass is 708 g/mol. The molecule has 270 valence electrons. The van der Waals surface area contributed by atoms with E-state index in [0.29, 0.717) is 18.1 Å².